The lowest BCUT2D eigenvalue weighted by molar-refractivity contribution is 0.138. The molecule has 0 amide bonds. The van der Waals surface area contributed by atoms with Crippen LogP contribution in [0, 0.1) is 11.8 Å². The van der Waals surface area contributed by atoms with E-state index in [9.17, 15) is 0 Å². The second-order valence-corrected chi connectivity index (χ2v) is 5.22. The normalized spacial score (nSPS) is 33.3. The molecule has 2 heteroatoms. The van der Waals surface area contributed by atoms with Crippen LogP contribution >= 0.6 is 11.6 Å². The van der Waals surface area contributed by atoms with E-state index >= 15 is 0 Å². The van der Waals surface area contributed by atoms with E-state index < -0.39 is 0 Å². The first-order chi connectivity index (χ1) is 7.31. The van der Waals surface area contributed by atoms with Gasteiger partial charge in [0.1, 0.15) is 11.9 Å². The van der Waals surface area contributed by atoms with Crippen molar-refractivity contribution in [3.05, 3.63) is 29.3 Å². The summed E-state index contributed by atoms with van der Waals surface area (Å²) in [5.41, 5.74) is 0. The van der Waals surface area contributed by atoms with Gasteiger partial charge in [0.2, 0.25) is 0 Å². The van der Waals surface area contributed by atoms with Crippen molar-refractivity contribution in [3.8, 4) is 5.75 Å². The molecule has 3 unspecified atom stereocenters. The second kappa shape index (κ2) is 3.71. The largest absolute Gasteiger partial charge is 0.490 e. The first kappa shape index (κ1) is 9.53. The zero-order chi connectivity index (χ0) is 10.3. The van der Waals surface area contributed by atoms with Gasteiger partial charge in [-0.15, -0.1) is 0 Å². The van der Waals surface area contributed by atoms with Gasteiger partial charge in [0.15, 0.2) is 0 Å². The molecule has 0 aromatic heterocycles. The van der Waals surface area contributed by atoms with Crippen LogP contribution in [0.25, 0.3) is 0 Å². The summed E-state index contributed by atoms with van der Waals surface area (Å²) in [5.74, 6) is 2.72. The maximum atomic E-state index is 6.01. The number of fused-ring (bicyclic) bond motifs is 2. The zero-order valence-corrected chi connectivity index (χ0v) is 9.41. The summed E-state index contributed by atoms with van der Waals surface area (Å²) < 4.78 is 6.01. The van der Waals surface area contributed by atoms with Gasteiger partial charge in [0, 0.05) is 5.02 Å². The Balaban J connectivity index is 1.68. The van der Waals surface area contributed by atoms with Gasteiger partial charge in [-0.2, -0.15) is 0 Å². The van der Waals surface area contributed by atoms with E-state index in [1.54, 1.807) is 0 Å². The van der Waals surface area contributed by atoms with E-state index in [0.29, 0.717) is 6.10 Å². The fourth-order valence-electron chi connectivity index (χ4n) is 3.02. The molecule has 0 radical (unpaired) electrons. The highest BCUT2D eigenvalue weighted by Gasteiger charge is 2.40. The summed E-state index contributed by atoms with van der Waals surface area (Å²) >= 11 is 5.84. The van der Waals surface area contributed by atoms with E-state index in [-0.39, 0.29) is 0 Å². The van der Waals surface area contributed by atoms with Crippen molar-refractivity contribution >= 4 is 11.6 Å². The Morgan fingerprint density at radius 2 is 1.87 bits per heavy atom. The number of hydrogen-bond donors (Lipinski definition) is 0. The number of halogens is 1. The average Bonchev–Trinajstić information content (AvgIpc) is 2.83. The van der Waals surface area contributed by atoms with Crippen LogP contribution in [-0.4, -0.2) is 6.10 Å². The lowest BCUT2D eigenvalue weighted by Gasteiger charge is -2.23. The molecule has 0 aliphatic heterocycles. The number of hydrogen-bond acceptors (Lipinski definition) is 1. The summed E-state index contributed by atoms with van der Waals surface area (Å²) in [7, 11) is 0. The van der Waals surface area contributed by atoms with Crippen molar-refractivity contribution in [2.75, 3.05) is 0 Å². The molecule has 0 N–H and O–H groups in total. The molecule has 3 rings (SSSR count). The SMILES string of the molecule is Clc1ccc(OC2CC3CCC2C3)cc1. The quantitative estimate of drug-likeness (QED) is 0.737. The van der Waals surface area contributed by atoms with Crippen LogP contribution < -0.4 is 4.74 Å². The minimum Gasteiger partial charge on any atom is -0.490 e. The number of benzene rings is 1. The van der Waals surface area contributed by atoms with E-state index in [0.717, 1.165) is 22.6 Å². The summed E-state index contributed by atoms with van der Waals surface area (Å²) in [6, 6.07) is 7.72. The van der Waals surface area contributed by atoms with Crippen LogP contribution in [0.1, 0.15) is 25.7 Å². The lowest BCUT2D eigenvalue weighted by Crippen LogP contribution is -2.23. The third-order valence-electron chi connectivity index (χ3n) is 3.77. The first-order valence-corrected chi connectivity index (χ1v) is 6.11. The maximum absolute atomic E-state index is 6.01. The van der Waals surface area contributed by atoms with Crippen LogP contribution in [0.4, 0.5) is 0 Å². The van der Waals surface area contributed by atoms with E-state index in [4.69, 9.17) is 16.3 Å². The van der Waals surface area contributed by atoms with Crippen molar-refractivity contribution in [2.45, 2.75) is 31.8 Å². The van der Waals surface area contributed by atoms with Crippen LogP contribution in [0.15, 0.2) is 24.3 Å². The monoisotopic (exact) mass is 222 g/mol. The van der Waals surface area contributed by atoms with E-state index in [2.05, 4.69) is 0 Å². The molecule has 2 fully saturated rings. The summed E-state index contributed by atoms with van der Waals surface area (Å²) in [6.07, 6.45) is 5.89. The molecular weight excluding hydrogens is 208 g/mol. The minimum atomic E-state index is 0.463. The maximum Gasteiger partial charge on any atom is 0.119 e. The molecule has 0 heterocycles. The third kappa shape index (κ3) is 1.85. The number of rotatable bonds is 2. The molecule has 15 heavy (non-hydrogen) atoms. The first-order valence-electron chi connectivity index (χ1n) is 5.73. The Kier molecular flexibility index (Phi) is 2.36. The molecular formula is C13H15ClO. The molecule has 1 aromatic carbocycles. The predicted molar refractivity (Wildman–Crippen MR) is 61.3 cm³/mol. The summed E-state index contributed by atoms with van der Waals surface area (Å²) in [5, 5.41) is 0.773. The molecule has 80 valence electrons. The van der Waals surface area contributed by atoms with E-state index in [1.165, 1.54) is 25.7 Å². The highest BCUT2D eigenvalue weighted by Crippen LogP contribution is 2.45. The summed E-state index contributed by atoms with van der Waals surface area (Å²) in [4.78, 5) is 0. The van der Waals surface area contributed by atoms with Gasteiger partial charge in [0.25, 0.3) is 0 Å². The van der Waals surface area contributed by atoms with Crippen molar-refractivity contribution < 1.29 is 4.74 Å². The molecule has 1 nitrogen and oxygen atoms in total. The van der Waals surface area contributed by atoms with Crippen LogP contribution in [-0.2, 0) is 0 Å². The standard InChI is InChI=1S/C13H15ClO/c14-11-3-5-12(6-4-11)15-13-8-9-1-2-10(13)7-9/h3-6,9-10,13H,1-2,7-8H2. The van der Waals surface area contributed by atoms with Gasteiger partial charge in [0.05, 0.1) is 0 Å². The molecule has 2 aliphatic rings. The molecule has 3 atom stereocenters. The molecule has 1 aromatic rings. The van der Waals surface area contributed by atoms with Gasteiger partial charge in [-0.05, 0) is 61.8 Å². The zero-order valence-electron chi connectivity index (χ0n) is 8.66. The van der Waals surface area contributed by atoms with Crippen molar-refractivity contribution in [3.63, 3.8) is 0 Å². The van der Waals surface area contributed by atoms with Gasteiger partial charge < -0.3 is 4.74 Å². The fourth-order valence-corrected chi connectivity index (χ4v) is 3.14. The Hall–Kier alpha value is -0.690. The van der Waals surface area contributed by atoms with Crippen LogP contribution in [0.5, 0.6) is 5.75 Å². The van der Waals surface area contributed by atoms with Gasteiger partial charge >= 0.3 is 0 Å². The summed E-state index contributed by atoms with van der Waals surface area (Å²) in [6.45, 7) is 0. The smallest absolute Gasteiger partial charge is 0.119 e. The number of ether oxygens (including phenoxy) is 1. The lowest BCUT2D eigenvalue weighted by atomic mass is 9.98. The highest BCUT2D eigenvalue weighted by molar-refractivity contribution is 6.30. The Morgan fingerprint density at radius 3 is 2.47 bits per heavy atom. The predicted octanol–water partition coefficient (Wildman–Crippen LogP) is 3.91. The van der Waals surface area contributed by atoms with E-state index in [1.807, 2.05) is 24.3 Å². The molecule has 0 saturated heterocycles. The van der Waals surface area contributed by atoms with Crippen molar-refractivity contribution in [1.82, 2.24) is 0 Å². The van der Waals surface area contributed by atoms with Gasteiger partial charge in [-0.1, -0.05) is 11.6 Å². The highest BCUT2D eigenvalue weighted by atomic mass is 35.5. The van der Waals surface area contributed by atoms with Crippen molar-refractivity contribution in [2.24, 2.45) is 11.8 Å². The van der Waals surface area contributed by atoms with Crippen molar-refractivity contribution in [1.29, 1.82) is 0 Å². The van der Waals surface area contributed by atoms with Crippen LogP contribution in [0.3, 0.4) is 0 Å². The topological polar surface area (TPSA) is 9.23 Å². The van der Waals surface area contributed by atoms with Crippen LogP contribution in [0.2, 0.25) is 5.02 Å². The Morgan fingerprint density at radius 1 is 1.07 bits per heavy atom. The molecule has 0 spiro atoms. The third-order valence-corrected chi connectivity index (χ3v) is 4.03. The minimum absolute atomic E-state index is 0.463. The Bertz CT molecular complexity index is 346. The molecule has 2 saturated carbocycles. The van der Waals surface area contributed by atoms with Gasteiger partial charge in [-0.3, -0.25) is 0 Å². The van der Waals surface area contributed by atoms with Gasteiger partial charge in [-0.25, -0.2) is 0 Å². The fraction of sp³-hybridized carbons (Fsp3) is 0.538. The molecule has 2 aliphatic carbocycles. The Labute approximate surface area is 95.4 Å². The average molecular weight is 223 g/mol. The molecule has 2 bridgehead atoms. The second-order valence-electron chi connectivity index (χ2n) is 4.79.